The number of rotatable bonds is 9. The maximum absolute atomic E-state index is 12.5. The minimum absolute atomic E-state index is 0.0123. The number of nitrogens with one attached hydrogen (secondary N) is 2. The molecule has 10 heteroatoms. The number of amides is 1. The van der Waals surface area contributed by atoms with Gasteiger partial charge in [0.05, 0.1) is 28.4 Å². The van der Waals surface area contributed by atoms with Crippen LogP contribution >= 0.6 is 0 Å². The van der Waals surface area contributed by atoms with Gasteiger partial charge >= 0.3 is 5.97 Å². The Hall–Kier alpha value is -3.94. The zero-order valence-electron chi connectivity index (χ0n) is 18.1. The average Bonchev–Trinajstić information content (AvgIpc) is 3.62. The van der Waals surface area contributed by atoms with Crippen LogP contribution in [0.2, 0.25) is 0 Å². The number of esters is 1. The predicted octanol–water partition coefficient (Wildman–Crippen LogP) is 2.46. The number of benzene rings is 2. The normalized spacial score (nSPS) is 13.1. The Kier molecular flexibility index (Phi) is 6.77. The van der Waals surface area contributed by atoms with Crippen molar-refractivity contribution in [3.8, 4) is 18.0 Å². The Morgan fingerprint density at radius 1 is 1.12 bits per heavy atom. The van der Waals surface area contributed by atoms with Crippen molar-refractivity contribution in [1.82, 2.24) is 14.5 Å². The number of hydrogen-bond donors (Lipinski definition) is 2. The van der Waals surface area contributed by atoms with Crippen LogP contribution in [0.3, 0.4) is 0 Å². The summed E-state index contributed by atoms with van der Waals surface area (Å²) in [7, 11) is -3.87. The summed E-state index contributed by atoms with van der Waals surface area (Å²) in [6.07, 6.45) is 7.20. The molecule has 0 unspecified atom stereocenters. The third kappa shape index (κ3) is 5.51. The molecule has 2 aromatic carbocycles. The number of nitrogens with zero attached hydrogens (tertiary/aromatic N) is 2. The van der Waals surface area contributed by atoms with Gasteiger partial charge in [-0.25, -0.2) is 17.9 Å². The topological polar surface area (TPSA) is 119 Å². The van der Waals surface area contributed by atoms with Crippen molar-refractivity contribution in [1.29, 1.82) is 0 Å². The quantitative estimate of drug-likeness (QED) is 0.360. The van der Waals surface area contributed by atoms with Crippen molar-refractivity contribution in [2.45, 2.75) is 23.7 Å². The first-order valence-corrected chi connectivity index (χ1v) is 12.0. The van der Waals surface area contributed by atoms with E-state index in [9.17, 15) is 18.0 Å². The Balaban J connectivity index is 1.42. The van der Waals surface area contributed by atoms with Gasteiger partial charge in [-0.2, -0.15) is 9.82 Å². The van der Waals surface area contributed by atoms with Gasteiger partial charge in [-0.1, -0.05) is 30.2 Å². The zero-order valence-corrected chi connectivity index (χ0v) is 18.9. The largest absolute Gasteiger partial charge is 0.452 e. The van der Waals surface area contributed by atoms with Gasteiger partial charge in [-0.05, 0) is 43.2 Å². The molecule has 1 aliphatic rings. The van der Waals surface area contributed by atoms with E-state index in [0.29, 0.717) is 11.7 Å². The fraction of sp³-hybridized carbons (Fsp3) is 0.208. The maximum Gasteiger partial charge on any atom is 0.338 e. The molecule has 0 aliphatic heterocycles. The first-order valence-electron chi connectivity index (χ1n) is 10.5. The molecule has 9 nitrogen and oxygen atoms in total. The van der Waals surface area contributed by atoms with Gasteiger partial charge in [0.25, 0.3) is 5.91 Å². The zero-order chi connectivity index (χ0) is 24.1. The van der Waals surface area contributed by atoms with Crippen LogP contribution in [-0.2, 0) is 19.6 Å². The predicted molar refractivity (Wildman–Crippen MR) is 125 cm³/mol. The van der Waals surface area contributed by atoms with E-state index in [1.807, 2.05) is 36.4 Å². The molecule has 1 fully saturated rings. The van der Waals surface area contributed by atoms with E-state index in [2.05, 4.69) is 21.1 Å². The summed E-state index contributed by atoms with van der Waals surface area (Å²) in [6, 6.07) is 16.5. The summed E-state index contributed by atoms with van der Waals surface area (Å²) < 4.78 is 33.4. The molecule has 0 atom stereocenters. The lowest BCUT2D eigenvalue weighted by molar-refractivity contribution is -0.119. The molecule has 4 rings (SSSR count). The van der Waals surface area contributed by atoms with Crippen LogP contribution in [0.25, 0.3) is 5.69 Å². The van der Waals surface area contributed by atoms with Crippen molar-refractivity contribution >= 4 is 27.7 Å². The molecule has 1 aliphatic carbocycles. The molecule has 1 saturated carbocycles. The maximum atomic E-state index is 12.5. The molecule has 0 radical (unpaired) electrons. The number of anilines is 1. The van der Waals surface area contributed by atoms with Crippen molar-refractivity contribution < 1.29 is 22.7 Å². The fourth-order valence-electron chi connectivity index (χ4n) is 3.24. The van der Waals surface area contributed by atoms with E-state index >= 15 is 0 Å². The number of para-hydroxylation sites is 1. The van der Waals surface area contributed by atoms with Crippen LogP contribution in [0.1, 0.15) is 34.8 Å². The summed E-state index contributed by atoms with van der Waals surface area (Å²) in [5.41, 5.74) is 1.67. The van der Waals surface area contributed by atoms with Crippen molar-refractivity contribution in [2.75, 3.05) is 18.5 Å². The summed E-state index contributed by atoms with van der Waals surface area (Å²) in [5, 5.41) is 7.35. The van der Waals surface area contributed by atoms with Crippen LogP contribution in [0.5, 0.6) is 0 Å². The number of carbonyl (C=O) groups is 2. The molecule has 3 aromatic rings. The first kappa shape index (κ1) is 23.2. The molecule has 34 heavy (non-hydrogen) atoms. The first-order chi connectivity index (χ1) is 16.4. The van der Waals surface area contributed by atoms with Crippen molar-refractivity contribution in [3.63, 3.8) is 0 Å². The van der Waals surface area contributed by atoms with Crippen LogP contribution in [0.4, 0.5) is 5.82 Å². The Bertz CT molecular complexity index is 1360. The van der Waals surface area contributed by atoms with Crippen LogP contribution in [0, 0.1) is 12.3 Å². The minimum atomic E-state index is -3.87. The molecular formula is C24H22N4O5S. The van der Waals surface area contributed by atoms with Gasteiger partial charge in [-0.15, -0.1) is 6.42 Å². The Morgan fingerprint density at radius 2 is 1.88 bits per heavy atom. The highest BCUT2D eigenvalue weighted by molar-refractivity contribution is 7.89. The van der Waals surface area contributed by atoms with E-state index in [4.69, 9.17) is 11.2 Å². The van der Waals surface area contributed by atoms with Crippen LogP contribution in [0.15, 0.2) is 65.6 Å². The highest BCUT2D eigenvalue weighted by atomic mass is 32.2. The van der Waals surface area contributed by atoms with E-state index in [1.165, 1.54) is 18.2 Å². The van der Waals surface area contributed by atoms with Gasteiger partial charge in [-0.3, -0.25) is 4.79 Å². The third-order valence-electron chi connectivity index (χ3n) is 5.07. The van der Waals surface area contributed by atoms with E-state index in [1.54, 1.807) is 4.68 Å². The number of terminal acetylenes is 1. The van der Waals surface area contributed by atoms with E-state index in [-0.39, 0.29) is 17.0 Å². The molecule has 0 spiro atoms. The lowest BCUT2D eigenvalue weighted by Gasteiger charge is -2.10. The number of carbonyl (C=O) groups excluding carboxylic acids is 2. The highest BCUT2D eigenvalue weighted by Gasteiger charge is 2.28. The number of aromatic nitrogens is 2. The number of hydrogen-bond acceptors (Lipinski definition) is 6. The monoisotopic (exact) mass is 478 g/mol. The lowest BCUT2D eigenvalue weighted by Crippen LogP contribution is -2.24. The van der Waals surface area contributed by atoms with Gasteiger partial charge in [0.15, 0.2) is 6.61 Å². The van der Waals surface area contributed by atoms with Crippen LogP contribution in [-0.4, -0.2) is 43.2 Å². The standard InChI is InChI=1S/C24H22N4O5S/c1-2-13-25-34(31,32)20-10-6-7-18(14-20)24(30)33-16-23(29)26-22-15-21(17-11-12-17)27-28(22)19-8-4-3-5-9-19/h1,3-10,14-15,17,25H,11-13,16H2,(H,26,29). The molecule has 0 bridgehead atoms. The second-order valence-electron chi connectivity index (χ2n) is 7.66. The molecular weight excluding hydrogens is 456 g/mol. The Morgan fingerprint density at radius 3 is 2.59 bits per heavy atom. The number of sulfonamides is 1. The highest BCUT2D eigenvalue weighted by Crippen LogP contribution is 2.40. The van der Waals surface area contributed by atoms with Gasteiger partial charge in [0.1, 0.15) is 5.82 Å². The fourth-order valence-corrected chi connectivity index (χ4v) is 4.22. The van der Waals surface area contributed by atoms with E-state index < -0.39 is 28.5 Å². The third-order valence-corrected chi connectivity index (χ3v) is 6.47. The van der Waals surface area contributed by atoms with Gasteiger partial charge < -0.3 is 10.1 Å². The SMILES string of the molecule is C#CCNS(=O)(=O)c1cccc(C(=O)OCC(=O)Nc2cc(C3CC3)nn2-c2ccccc2)c1. The van der Waals surface area contributed by atoms with Crippen LogP contribution < -0.4 is 10.0 Å². The molecule has 1 aromatic heterocycles. The van der Waals surface area contributed by atoms with Gasteiger partial charge in [0.2, 0.25) is 10.0 Å². The molecule has 1 amide bonds. The molecule has 2 N–H and O–H groups in total. The number of ether oxygens (including phenoxy) is 1. The van der Waals surface area contributed by atoms with E-state index in [0.717, 1.165) is 30.3 Å². The Labute approximate surface area is 197 Å². The lowest BCUT2D eigenvalue weighted by atomic mass is 10.2. The molecule has 1 heterocycles. The second kappa shape index (κ2) is 9.91. The second-order valence-corrected chi connectivity index (χ2v) is 9.42. The summed E-state index contributed by atoms with van der Waals surface area (Å²) in [5.74, 6) is 1.65. The van der Waals surface area contributed by atoms with Crippen molar-refractivity contribution in [3.05, 3.63) is 71.9 Å². The average molecular weight is 479 g/mol. The van der Waals surface area contributed by atoms with Crippen molar-refractivity contribution in [2.24, 2.45) is 0 Å². The van der Waals surface area contributed by atoms with Gasteiger partial charge in [0, 0.05) is 12.0 Å². The minimum Gasteiger partial charge on any atom is -0.452 e. The summed E-state index contributed by atoms with van der Waals surface area (Å²) in [4.78, 5) is 24.8. The molecule has 174 valence electrons. The smallest absolute Gasteiger partial charge is 0.338 e. The summed E-state index contributed by atoms with van der Waals surface area (Å²) >= 11 is 0. The summed E-state index contributed by atoms with van der Waals surface area (Å²) in [6.45, 7) is -0.733. The molecule has 0 saturated heterocycles.